The van der Waals surface area contributed by atoms with Crippen molar-refractivity contribution in [2.75, 3.05) is 5.32 Å². The maximum absolute atomic E-state index is 12.5. The first-order valence-electron chi connectivity index (χ1n) is 8.10. The number of thiophene rings is 1. The average molecular weight is 341 g/mol. The molecule has 0 fully saturated rings. The Bertz CT molecular complexity index is 703. The molecule has 4 nitrogen and oxygen atoms in total. The monoisotopic (exact) mass is 341 g/mol. The molecule has 2 aromatic rings. The van der Waals surface area contributed by atoms with Crippen molar-refractivity contribution in [1.29, 1.82) is 5.26 Å². The van der Waals surface area contributed by atoms with Gasteiger partial charge in [-0.25, -0.2) is 0 Å². The van der Waals surface area contributed by atoms with Gasteiger partial charge in [-0.2, -0.15) is 5.26 Å². The number of benzene rings is 1. The van der Waals surface area contributed by atoms with E-state index in [0.29, 0.717) is 16.5 Å². The predicted octanol–water partition coefficient (Wildman–Crippen LogP) is 4.32. The molecule has 2 atom stereocenters. The zero-order valence-electron chi connectivity index (χ0n) is 14.2. The highest BCUT2D eigenvalue weighted by molar-refractivity contribution is 7.14. The molecule has 1 heterocycles. The second kappa shape index (κ2) is 8.62. The molecule has 0 aliphatic carbocycles. The number of rotatable bonds is 7. The standard InChI is InChI=1S/C19H23N3OS/c1-13(2)11-17(15-7-5-4-6-8-15)21-14(3)18(23)22-19-16(12-20)9-10-24-19/h4-10,13-14,17,21H,11H2,1-3H3,(H,22,23). The molecule has 1 amide bonds. The van der Waals surface area contributed by atoms with Gasteiger partial charge >= 0.3 is 0 Å². The Hall–Kier alpha value is -2.16. The van der Waals surface area contributed by atoms with Gasteiger partial charge in [0, 0.05) is 6.04 Å². The van der Waals surface area contributed by atoms with E-state index in [0.717, 1.165) is 6.42 Å². The summed E-state index contributed by atoms with van der Waals surface area (Å²) in [5, 5.41) is 17.7. The van der Waals surface area contributed by atoms with Crippen LogP contribution in [0.3, 0.4) is 0 Å². The number of carbonyl (C=O) groups is 1. The summed E-state index contributed by atoms with van der Waals surface area (Å²) in [5.41, 5.74) is 1.68. The Morgan fingerprint density at radius 3 is 2.54 bits per heavy atom. The van der Waals surface area contributed by atoms with Gasteiger partial charge in [-0.15, -0.1) is 11.3 Å². The van der Waals surface area contributed by atoms with Crippen molar-refractivity contribution in [3.8, 4) is 6.07 Å². The maximum atomic E-state index is 12.5. The van der Waals surface area contributed by atoms with Gasteiger partial charge in [-0.1, -0.05) is 44.2 Å². The minimum Gasteiger partial charge on any atom is -0.315 e. The normalized spacial score (nSPS) is 13.3. The lowest BCUT2D eigenvalue weighted by Gasteiger charge is -2.25. The zero-order chi connectivity index (χ0) is 17.5. The van der Waals surface area contributed by atoms with Crippen LogP contribution in [0.15, 0.2) is 41.8 Å². The molecular weight excluding hydrogens is 318 g/mol. The summed E-state index contributed by atoms with van der Waals surface area (Å²) in [6, 6.07) is 13.7. The molecule has 0 aliphatic rings. The Balaban J connectivity index is 2.05. The topological polar surface area (TPSA) is 64.9 Å². The molecule has 0 spiro atoms. The van der Waals surface area contributed by atoms with E-state index < -0.39 is 0 Å². The molecule has 5 heteroatoms. The first kappa shape index (κ1) is 18.2. The van der Waals surface area contributed by atoms with Crippen LogP contribution in [0.2, 0.25) is 0 Å². The van der Waals surface area contributed by atoms with E-state index in [1.54, 1.807) is 11.4 Å². The van der Waals surface area contributed by atoms with Crippen molar-refractivity contribution in [2.24, 2.45) is 5.92 Å². The molecule has 0 saturated carbocycles. The summed E-state index contributed by atoms with van der Waals surface area (Å²) in [4.78, 5) is 12.5. The Morgan fingerprint density at radius 1 is 1.21 bits per heavy atom. The number of anilines is 1. The van der Waals surface area contributed by atoms with Crippen LogP contribution in [-0.2, 0) is 4.79 Å². The first-order chi connectivity index (χ1) is 11.5. The third-order valence-electron chi connectivity index (χ3n) is 3.78. The predicted molar refractivity (Wildman–Crippen MR) is 98.9 cm³/mol. The van der Waals surface area contributed by atoms with E-state index in [9.17, 15) is 4.79 Å². The van der Waals surface area contributed by atoms with Crippen LogP contribution < -0.4 is 10.6 Å². The largest absolute Gasteiger partial charge is 0.315 e. The van der Waals surface area contributed by atoms with Crippen LogP contribution in [0.1, 0.15) is 44.4 Å². The fourth-order valence-electron chi connectivity index (χ4n) is 2.55. The maximum Gasteiger partial charge on any atom is 0.241 e. The van der Waals surface area contributed by atoms with E-state index in [-0.39, 0.29) is 18.0 Å². The van der Waals surface area contributed by atoms with Gasteiger partial charge in [0.05, 0.1) is 11.6 Å². The third kappa shape index (κ3) is 4.92. The van der Waals surface area contributed by atoms with Crippen LogP contribution in [0.5, 0.6) is 0 Å². The highest BCUT2D eigenvalue weighted by Gasteiger charge is 2.21. The second-order valence-electron chi connectivity index (χ2n) is 6.25. The Labute approximate surface area is 147 Å². The summed E-state index contributed by atoms with van der Waals surface area (Å²) in [6.07, 6.45) is 0.948. The number of hydrogen-bond donors (Lipinski definition) is 2. The molecule has 2 unspecified atom stereocenters. The van der Waals surface area contributed by atoms with Gasteiger partial charge in [0.25, 0.3) is 0 Å². The lowest BCUT2D eigenvalue weighted by Crippen LogP contribution is -2.40. The molecule has 0 bridgehead atoms. The number of carbonyl (C=O) groups excluding carboxylic acids is 1. The van der Waals surface area contributed by atoms with Crippen molar-refractivity contribution in [1.82, 2.24) is 5.32 Å². The summed E-state index contributed by atoms with van der Waals surface area (Å²) in [5.74, 6) is 0.388. The van der Waals surface area contributed by atoms with Crippen LogP contribution in [0, 0.1) is 17.2 Å². The molecule has 0 saturated heterocycles. The highest BCUT2D eigenvalue weighted by Crippen LogP contribution is 2.24. The van der Waals surface area contributed by atoms with Gasteiger partial charge in [-0.05, 0) is 36.3 Å². The van der Waals surface area contributed by atoms with Gasteiger partial charge in [0.15, 0.2) is 0 Å². The number of amides is 1. The molecule has 0 aliphatic heterocycles. The third-order valence-corrected chi connectivity index (χ3v) is 4.61. The van der Waals surface area contributed by atoms with E-state index >= 15 is 0 Å². The Kier molecular flexibility index (Phi) is 6.53. The average Bonchev–Trinajstić information content (AvgIpc) is 3.01. The number of nitrogens with one attached hydrogen (secondary N) is 2. The quantitative estimate of drug-likeness (QED) is 0.788. The second-order valence-corrected chi connectivity index (χ2v) is 7.16. The van der Waals surface area contributed by atoms with Crippen molar-refractivity contribution >= 4 is 22.2 Å². The van der Waals surface area contributed by atoms with E-state index in [4.69, 9.17) is 5.26 Å². The zero-order valence-corrected chi connectivity index (χ0v) is 15.1. The van der Waals surface area contributed by atoms with Crippen molar-refractivity contribution in [2.45, 2.75) is 39.3 Å². The first-order valence-corrected chi connectivity index (χ1v) is 8.98. The van der Waals surface area contributed by atoms with Gasteiger partial charge in [-0.3, -0.25) is 10.1 Å². The van der Waals surface area contributed by atoms with E-state index in [2.05, 4.69) is 42.7 Å². The minimum atomic E-state index is -0.359. The molecule has 24 heavy (non-hydrogen) atoms. The van der Waals surface area contributed by atoms with Crippen molar-refractivity contribution in [3.63, 3.8) is 0 Å². The molecule has 2 rings (SSSR count). The summed E-state index contributed by atoms with van der Waals surface area (Å²) in [7, 11) is 0. The van der Waals surface area contributed by atoms with Gasteiger partial charge in [0.1, 0.15) is 11.1 Å². The van der Waals surface area contributed by atoms with Crippen LogP contribution in [-0.4, -0.2) is 11.9 Å². The fourth-order valence-corrected chi connectivity index (χ4v) is 3.29. The molecule has 126 valence electrons. The molecule has 2 N–H and O–H groups in total. The highest BCUT2D eigenvalue weighted by atomic mass is 32.1. The number of hydrogen-bond acceptors (Lipinski definition) is 4. The summed E-state index contributed by atoms with van der Waals surface area (Å²) >= 11 is 1.36. The lowest BCUT2D eigenvalue weighted by molar-refractivity contribution is -0.118. The fraction of sp³-hybridized carbons (Fsp3) is 0.368. The molecular formula is C19H23N3OS. The molecule has 1 aromatic heterocycles. The van der Waals surface area contributed by atoms with E-state index in [1.807, 2.05) is 25.1 Å². The lowest BCUT2D eigenvalue weighted by atomic mass is 9.96. The molecule has 0 radical (unpaired) electrons. The summed E-state index contributed by atoms with van der Waals surface area (Å²) < 4.78 is 0. The molecule has 1 aromatic carbocycles. The van der Waals surface area contributed by atoms with E-state index in [1.165, 1.54) is 16.9 Å². The number of nitriles is 1. The van der Waals surface area contributed by atoms with Crippen LogP contribution in [0.25, 0.3) is 0 Å². The van der Waals surface area contributed by atoms with Crippen molar-refractivity contribution in [3.05, 3.63) is 52.9 Å². The minimum absolute atomic E-state index is 0.116. The van der Waals surface area contributed by atoms with Crippen LogP contribution in [0.4, 0.5) is 5.00 Å². The van der Waals surface area contributed by atoms with Crippen molar-refractivity contribution < 1.29 is 4.79 Å². The number of nitrogens with zero attached hydrogens (tertiary/aromatic N) is 1. The SMILES string of the molecule is CC(C)CC(NC(C)C(=O)Nc1sccc1C#N)c1ccccc1. The van der Waals surface area contributed by atoms with Crippen LogP contribution >= 0.6 is 11.3 Å². The van der Waals surface area contributed by atoms with Gasteiger partial charge < -0.3 is 5.32 Å². The summed E-state index contributed by atoms with van der Waals surface area (Å²) in [6.45, 7) is 6.20. The smallest absolute Gasteiger partial charge is 0.241 e. The Morgan fingerprint density at radius 2 is 1.92 bits per heavy atom. The van der Waals surface area contributed by atoms with Gasteiger partial charge in [0.2, 0.25) is 5.91 Å².